The van der Waals surface area contributed by atoms with Crippen LogP contribution in [0.2, 0.25) is 0 Å². The van der Waals surface area contributed by atoms with Crippen molar-refractivity contribution in [3.05, 3.63) is 46.0 Å². The standard InChI is InChI=1S/C12H9F2NO2S2/c1-6-10(11(16)17)19-12(15-6)18-5-7-8(13)3-2-4-9(7)14/h2-4H,5H2,1H3,(H,16,17). The summed E-state index contributed by atoms with van der Waals surface area (Å²) in [4.78, 5) is 15.1. The van der Waals surface area contributed by atoms with Gasteiger partial charge in [-0.05, 0) is 19.1 Å². The fourth-order valence-electron chi connectivity index (χ4n) is 1.44. The number of benzene rings is 1. The average molecular weight is 301 g/mol. The maximum atomic E-state index is 13.4. The van der Waals surface area contributed by atoms with Crippen LogP contribution in [0.25, 0.3) is 0 Å². The Labute approximate surface area is 116 Å². The SMILES string of the molecule is Cc1nc(SCc2c(F)cccc2F)sc1C(=O)O. The molecule has 1 aromatic heterocycles. The van der Waals surface area contributed by atoms with Crippen molar-refractivity contribution in [1.29, 1.82) is 0 Å². The molecule has 0 fully saturated rings. The van der Waals surface area contributed by atoms with Crippen LogP contribution in [0.15, 0.2) is 22.5 Å². The van der Waals surface area contributed by atoms with E-state index < -0.39 is 17.6 Å². The lowest BCUT2D eigenvalue weighted by atomic mass is 10.2. The van der Waals surface area contributed by atoms with Gasteiger partial charge in [0.05, 0.1) is 5.69 Å². The van der Waals surface area contributed by atoms with Gasteiger partial charge in [-0.1, -0.05) is 17.8 Å². The van der Waals surface area contributed by atoms with Gasteiger partial charge in [0.25, 0.3) is 0 Å². The average Bonchev–Trinajstić information content (AvgIpc) is 2.70. The first-order valence-corrected chi connectivity index (χ1v) is 7.05. The number of nitrogens with zero attached hydrogens (tertiary/aromatic N) is 1. The highest BCUT2D eigenvalue weighted by Gasteiger charge is 2.15. The maximum absolute atomic E-state index is 13.4. The molecule has 3 nitrogen and oxygen atoms in total. The molecular weight excluding hydrogens is 292 g/mol. The number of aryl methyl sites for hydroxylation is 1. The van der Waals surface area contributed by atoms with Crippen LogP contribution < -0.4 is 0 Å². The molecule has 100 valence electrons. The number of carboxylic acid groups (broad SMARTS) is 1. The Balaban J connectivity index is 2.15. The summed E-state index contributed by atoms with van der Waals surface area (Å²) in [5.41, 5.74) is 0.381. The van der Waals surface area contributed by atoms with Crippen LogP contribution in [0.1, 0.15) is 20.9 Å². The molecule has 0 unspecified atom stereocenters. The van der Waals surface area contributed by atoms with Crippen LogP contribution in [-0.2, 0) is 5.75 Å². The molecule has 0 saturated carbocycles. The van der Waals surface area contributed by atoms with E-state index in [0.29, 0.717) is 10.0 Å². The largest absolute Gasteiger partial charge is 0.477 e. The summed E-state index contributed by atoms with van der Waals surface area (Å²) in [6.07, 6.45) is 0. The van der Waals surface area contributed by atoms with E-state index in [9.17, 15) is 13.6 Å². The lowest BCUT2D eigenvalue weighted by Gasteiger charge is -2.02. The molecular formula is C12H9F2NO2S2. The zero-order valence-electron chi connectivity index (χ0n) is 9.81. The van der Waals surface area contributed by atoms with Gasteiger partial charge in [-0.3, -0.25) is 0 Å². The van der Waals surface area contributed by atoms with Crippen molar-refractivity contribution >= 4 is 29.1 Å². The van der Waals surface area contributed by atoms with Crippen molar-refractivity contribution in [2.45, 2.75) is 17.0 Å². The molecule has 1 heterocycles. The maximum Gasteiger partial charge on any atom is 0.347 e. The van der Waals surface area contributed by atoms with Gasteiger partial charge in [0.15, 0.2) is 4.34 Å². The highest BCUT2D eigenvalue weighted by Crippen LogP contribution is 2.30. The van der Waals surface area contributed by atoms with E-state index in [0.717, 1.165) is 23.1 Å². The fourth-order valence-corrected chi connectivity index (χ4v) is 3.48. The van der Waals surface area contributed by atoms with Gasteiger partial charge in [-0.2, -0.15) is 0 Å². The molecule has 1 N–H and O–H groups in total. The third-order valence-electron chi connectivity index (χ3n) is 2.37. The predicted octanol–water partition coefficient (Wildman–Crippen LogP) is 3.72. The van der Waals surface area contributed by atoms with E-state index in [1.807, 2.05) is 0 Å². The summed E-state index contributed by atoms with van der Waals surface area (Å²) in [6, 6.07) is 3.68. The van der Waals surface area contributed by atoms with E-state index in [2.05, 4.69) is 4.98 Å². The molecule has 1 aromatic carbocycles. The third-order valence-corrected chi connectivity index (χ3v) is 4.69. The topological polar surface area (TPSA) is 50.2 Å². The summed E-state index contributed by atoms with van der Waals surface area (Å²) in [6.45, 7) is 1.59. The normalized spacial score (nSPS) is 10.7. The van der Waals surface area contributed by atoms with Gasteiger partial charge in [-0.25, -0.2) is 18.6 Å². The molecule has 7 heteroatoms. The smallest absolute Gasteiger partial charge is 0.347 e. The lowest BCUT2D eigenvalue weighted by Crippen LogP contribution is -1.94. The van der Waals surface area contributed by atoms with Crippen molar-refractivity contribution in [2.75, 3.05) is 0 Å². The molecule has 0 atom stereocenters. The third kappa shape index (κ3) is 3.10. The summed E-state index contributed by atoms with van der Waals surface area (Å²) in [5.74, 6) is -2.19. The van der Waals surface area contributed by atoms with E-state index in [-0.39, 0.29) is 16.2 Å². The minimum Gasteiger partial charge on any atom is -0.477 e. The molecule has 2 rings (SSSR count). The minimum atomic E-state index is -1.04. The lowest BCUT2D eigenvalue weighted by molar-refractivity contribution is 0.0701. The van der Waals surface area contributed by atoms with Gasteiger partial charge in [0.1, 0.15) is 16.5 Å². The quantitative estimate of drug-likeness (QED) is 0.874. The monoisotopic (exact) mass is 301 g/mol. The van der Waals surface area contributed by atoms with E-state index in [4.69, 9.17) is 5.11 Å². The van der Waals surface area contributed by atoms with E-state index >= 15 is 0 Å². The van der Waals surface area contributed by atoms with E-state index in [1.54, 1.807) is 6.92 Å². The second kappa shape index (κ2) is 5.66. The van der Waals surface area contributed by atoms with Gasteiger partial charge < -0.3 is 5.11 Å². The van der Waals surface area contributed by atoms with Crippen LogP contribution in [0.4, 0.5) is 8.78 Å². The van der Waals surface area contributed by atoms with Crippen LogP contribution >= 0.6 is 23.1 Å². The first-order chi connectivity index (χ1) is 8.99. The predicted molar refractivity (Wildman–Crippen MR) is 69.7 cm³/mol. The van der Waals surface area contributed by atoms with E-state index in [1.165, 1.54) is 18.2 Å². The molecule has 0 aliphatic carbocycles. The summed E-state index contributed by atoms with van der Waals surface area (Å²) in [7, 11) is 0. The van der Waals surface area contributed by atoms with Crippen LogP contribution in [-0.4, -0.2) is 16.1 Å². The Bertz CT molecular complexity index is 608. The molecule has 0 saturated heterocycles. The Kier molecular flexibility index (Phi) is 4.16. The Morgan fingerprint density at radius 3 is 2.58 bits per heavy atom. The summed E-state index contributed by atoms with van der Waals surface area (Å²) >= 11 is 2.12. The van der Waals surface area contributed by atoms with Crippen molar-refractivity contribution < 1.29 is 18.7 Å². The fraction of sp³-hybridized carbons (Fsp3) is 0.167. The highest BCUT2D eigenvalue weighted by atomic mass is 32.2. The van der Waals surface area contributed by atoms with Gasteiger partial charge >= 0.3 is 5.97 Å². The minimum absolute atomic E-state index is 0.0303. The number of thioether (sulfide) groups is 1. The number of carboxylic acids is 1. The van der Waals surface area contributed by atoms with Crippen molar-refractivity contribution in [3.63, 3.8) is 0 Å². The number of hydrogen-bond donors (Lipinski definition) is 1. The molecule has 0 aliphatic rings. The molecule has 0 aliphatic heterocycles. The summed E-state index contributed by atoms with van der Waals surface area (Å²) in [5, 5.41) is 8.89. The molecule has 0 radical (unpaired) electrons. The van der Waals surface area contributed by atoms with Gasteiger partial charge in [-0.15, -0.1) is 11.3 Å². The van der Waals surface area contributed by atoms with Crippen molar-refractivity contribution in [3.8, 4) is 0 Å². The Morgan fingerprint density at radius 1 is 1.42 bits per heavy atom. The number of hydrogen-bond acceptors (Lipinski definition) is 4. The van der Waals surface area contributed by atoms with Crippen molar-refractivity contribution in [2.24, 2.45) is 0 Å². The second-order valence-electron chi connectivity index (χ2n) is 3.69. The van der Waals surface area contributed by atoms with Crippen LogP contribution in [0.5, 0.6) is 0 Å². The summed E-state index contributed by atoms with van der Waals surface area (Å²) < 4.78 is 27.3. The zero-order chi connectivity index (χ0) is 14.0. The number of rotatable bonds is 4. The highest BCUT2D eigenvalue weighted by molar-refractivity contribution is 8.00. The van der Waals surface area contributed by atoms with Gasteiger partial charge in [0.2, 0.25) is 0 Å². The first kappa shape index (κ1) is 14.0. The van der Waals surface area contributed by atoms with Crippen LogP contribution in [0, 0.1) is 18.6 Å². The number of thiazole rings is 1. The molecule has 0 spiro atoms. The molecule has 2 aromatic rings. The first-order valence-electron chi connectivity index (χ1n) is 5.25. The molecule has 0 bridgehead atoms. The van der Waals surface area contributed by atoms with Crippen molar-refractivity contribution in [1.82, 2.24) is 4.98 Å². The number of aromatic carboxylic acids is 1. The Morgan fingerprint density at radius 2 is 2.05 bits per heavy atom. The zero-order valence-corrected chi connectivity index (χ0v) is 11.4. The second-order valence-corrected chi connectivity index (χ2v) is 5.91. The molecule has 0 amide bonds. The molecule has 19 heavy (non-hydrogen) atoms. The van der Waals surface area contributed by atoms with Crippen LogP contribution in [0.3, 0.4) is 0 Å². The number of aromatic nitrogens is 1. The number of halogens is 2. The Hall–Kier alpha value is -1.47. The number of carbonyl (C=O) groups is 1. The van der Waals surface area contributed by atoms with Gasteiger partial charge in [0, 0.05) is 11.3 Å².